The molecule has 0 saturated carbocycles. The van der Waals surface area contributed by atoms with Crippen molar-refractivity contribution in [1.82, 2.24) is 5.32 Å². The second kappa shape index (κ2) is 7.33. The van der Waals surface area contributed by atoms with Gasteiger partial charge in [-0.1, -0.05) is 32.0 Å². The smallest absolute Gasteiger partial charge is 0.247 e. The molecule has 0 fully saturated rings. The summed E-state index contributed by atoms with van der Waals surface area (Å²) in [7, 11) is 0. The van der Waals surface area contributed by atoms with Gasteiger partial charge in [0.25, 0.3) is 0 Å². The predicted octanol–water partition coefficient (Wildman–Crippen LogP) is 2.49. The average Bonchev–Trinajstić information content (AvgIpc) is 2.37. The zero-order valence-corrected chi connectivity index (χ0v) is 13.3. The second-order valence-corrected chi connectivity index (χ2v) is 5.48. The number of amides is 2. The van der Waals surface area contributed by atoms with Crippen LogP contribution in [0.15, 0.2) is 18.2 Å². The van der Waals surface area contributed by atoms with Crippen molar-refractivity contribution in [2.24, 2.45) is 0 Å². The van der Waals surface area contributed by atoms with E-state index < -0.39 is 6.04 Å². The lowest BCUT2D eigenvalue weighted by molar-refractivity contribution is -0.124. The Morgan fingerprint density at radius 3 is 2.45 bits per heavy atom. The van der Waals surface area contributed by atoms with Crippen molar-refractivity contribution in [2.75, 3.05) is 11.1 Å². The molecule has 1 atom stereocenters. The van der Waals surface area contributed by atoms with Gasteiger partial charge in [0.1, 0.15) is 6.04 Å². The van der Waals surface area contributed by atoms with E-state index in [0.717, 1.165) is 16.8 Å². The van der Waals surface area contributed by atoms with E-state index in [-0.39, 0.29) is 17.6 Å². The fraction of sp³-hybridized carbons (Fsp3) is 0.467. The molecular weight excluding hydrogens is 272 g/mol. The lowest BCUT2D eigenvalue weighted by atomic mass is 9.98. The number of anilines is 1. The van der Waals surface area contributed by atoms with Crippen molar-refractivity contribution in [3.05, 3.63) is 29.3 Å². The molecule has 0 aliphatic rings. The van der Waals surface area contributed by atoms with Gasteiger partial charge in [-0.25, -0.2) is 0 Å². The summed E-state index contributed by atoms with van der Waals surface area (Å²) < 4.78 is 0. The van der Waals surface area contributed by atoms with Crippen LogP contribution in [0, 0.1) is 6.92 Å². The van der Waals surface area contributed by atoms with Crippen molar-refractivity contribution in [1.29, 1.82) is 0 Å². The first-order valence-corrected chi connectivity index (χ1v) is 7.28. The molecule has 0 bridgehead atoms. The highest BCUT2D eigenvalue weighted by atomic mass is 32.1. The van der Waals surface area contributed by atoms with Crippen LogP contribution < -0.4 is 10.6 Å². The normalized spacial score (nSPS) is 12.1. The standard InChI is InChI=1S/C15H22N2O2S/c1-9(2)12-7-5-6-10(3)14(12)17-15(19)13(8-20)16-11(4)18/h5-7,9,13,20H,8H2,1-4H3,(H,16,18)(H,17,19). The van der Waals surface area contributed by atoms with Crippen LogP contribution in [-0.2, 0) is 9.59 Å². The van der Waals surface area contributed by atoms with Crippen molar-refractivity contribution in [3.63, 3.8) is 0 Å². The van der Waals surface area contributed by atoms with Gasteiger partial charge in [0, 0.05) is 18.4 Å². The average molecular weight is 294 g/mol. The van der Waals surface area contributed by atoms with Gasteiger partial charge in [-0.3, -0.25) is 9.59 Å². The number of hydrogen-bond acceptors (Lipinski definition) is 3. The van der Waals surface area contributed by atoms with Crippen LogP contribution in [0.25, 0.3) is 0 Å². The molecule has 110 valence electrons. The molecular formula is C15H22N2O2S. The third kappa shape index (κ3) is 4.27. The number of aryl methyl sites for hydroxylation is 1. The number of nitrogens with one attached hydrogen (secondary N) is 2. The maximum Gasteiger partial charge on any atom is 0.247 e. The van der Waals surface area contributed by atoms with Crippen LogP contribution in [0.1, 0.15) is 37.8 Å². The molecule has 1 rings (SSSR count). The van der Waals surface area contributed by atoms with Crippen molar-refractivity contribution < 1.29 is 9.59 Å². The first kappa shape index (κ1) is 16.6. The summed E-state index contributed by atoms with van der Waals surface area (Å²) in [5.41, 5.74) is 2.91. The van der Waals surface area contributed by atoms with Crippen LogP contribution >= 0.6 is 12.6 Å². The fourth-order valence-corrected chi connectivity index (χ4v) is 2.25. The molecule has 0 radical (unpaired) electrons. The first-order chi connectivity index (χ1) is 9.36. The third-order valence-electron chi connectivity index (χ3n) is 3.05. The number of thiol groups is 1. The highest BCUT2D eigenvalue weighted by Gasteiger charge is 2.20. The molecule has 0 saturated heterocycles. The van der Waals surface area contributed by atoms with Crippen LogP contribution in [0.5, 0.6) is 0 Å². The lowest BCUT2D eigenvalue weighted by Gasteiger charge is -2.20. The monoisotopic (exact) mass is 294 g/mol. The van der Waals surface area contributed by atoms with Crippen molar-refractivity contribution >= 4 is 30.1 Å². The summed E-state index contributed by atoms with van der Waals surface area (Å²) in [5.74, 6) is 0.0776. The maximum atomic E-state index is 12.2. The topological polar surface area (TPSA) is 58.2 Å². The molecule has 1 aromatic rings. The van der Waals surface area contributed by atoms with Gasteiger partial charge in [0.2, 0.25) is 11.8 Å². The molecule has 0 aliphatic heterocycles. The first-order valence-electron chi connectivity index (χ1n) is 6.65. The van der Waals surface area contributed by atoms with E-state index >= 15 is 0 Å². The molecule has 20 heavy (non-hydrogen) atoms. The summed E-state index contributed by atoms with van der Waals surface area (Å²) in [5, 5.41) is 5.50. The maximum absolute atomic E-state index is 12.2. The highest BCUT2D eigenvalue weighted by molar-refractivity contribution is 7.80. The molecule has 0 heterocycles. The molecule has 5 heteroatoms. The van der Waals surface area contributed by atoms with E-state index in [1.54, 1.807) is 0 Å². The molecule has 1 aromatic carbocycles. The zero-order chi connectivity index (χ0) is 15.3. The Kier molecular flexibility index (Phi) is 6.07. The van der Waals surface area contributed by atoms with Gasteiger partial charge >= 0.3 is 0 Å². The molecule has 1 unspecified atom stereocenters. The van der Waals surface area contributed by atoms with E-state index in [2.05, 4.69) is 37.1 Å². The summed E-state index contributed by atoms with van der Waals surface area (Å²) in [4.78, 5) is 23.3. The largest absolute Gasteiger partial charge is 0.344 e. The summed E-state index contributed by atoms with van der Waals surface area (Å²) in [6, 6.07) is 5.30. The van der Waals surface area contributed by atoms with Gasteiger partial charge in [-0.05, 0) is 24.0 Å². The summed E-state index contributed by atoms with van der Waals surface area (Å²) in [6.45, 7) is 7.50. The number of carbonyl (C=O) groups excluding carboxylic acids is 2. The molecule has 4 nitrogen and oxygen atoms in total. The Morgan fingerprint density at radius 1 is 1.30 bits per heavy atom. The lowest BCUT2D eigenvalue weighted by Crippen LogP contribution is -2.44. The van der Waals surface area contributed by atoms with Crippen LogP contribution in [0.4, 0.5) is 5.69 Å². The Labute approximate surface area is 125 Å². The number of para-hydroxylation sites is 1. The zero-order valence-electron chi connectivity index (χ0n) is 12.4. The Hall–Kier alpha value is -1.49. The van der Waals surface area contributed by atoms with E-state index in [1.165, 1.54) is 6.92 Å². The number of hydrogen-bond donors (Lipinski definition) is 3. The van der Waals surface area contributed by atoms with E-state index in [9.17, 15) is 9.59 Å². The molecule has 2 amide bonds. The number of rotatable bonds is 5. The van der Waals surface area contributed by atoms with Gasteiger partial charge in [-0.2, -0.15) is 12.6 Å². The minimum Gasteiger partial charge on any atom is -0.344 e. The van der Waals surface area contributed by atoms with E-state index in [1.807, 2.05) is 25.1 Å². The molecule has 2 N–H and O–H groups in total. The quantitative estimate of drug-likeness (QED) is 0.731. The van der Waals surface area contributed by atoms with E-state index in [4.69, 9.17) is 0 Å². The highest BCUT2D eigenvalue weighted by Crippen LogP contribution is 2.27. The van der Waals surface area contributed by atoms with Crippen LogP contribution in [0.2, 0.25) is 0 Å². The van der Waals surface area contributed by atoms with Crippen LogP contribution in [0.3, 0.4) is 0 Å². The Morgan fingerprint density at radius 2 is 1.95 bits per heavy atom. The second-order valence-electron chi connectivity index (χ2n) is 5.12. The fourth-order valence-electron chi connectivity index (χ4n) is 1.99. The molecule has 0 spiro atoms. The number of benzene rings is 1. The minimum absolute atomic E-state index is 0.243. The molecule has 0 aromatic heterocycles. The Balaban J connectivity index is 2.97. The SMILES string of the molecule is CC(=O)NC(CS)C(=O)Nc1c(C)cccc1C(C)C. The molecule has 0 aliphatic carbocycles. The Bertz CT molecular complexity index is 501. The van der Waals surface area contributed by atoms with Gasteiger partial charge < -0.3 is 10.6 Å². The van der Waals surface area contributed by atoms with Crippen LogP contribution in [-0.4, -0.2) is 23.6 Å². The van der Waals surface area contributed by atoms with Gasteiger partial charge in [0.15, 0.2) is 0 Å². The summed E-state index contributed by atoms with van der Waals surface area (Å²) >= 11 is 4.11. The number of carbonyl (C=O) groups is 2. The van der Waals surface area contributed by atoms with Gasteiger partial charge in [-0.15, -0.1) is 0 Å². The summed E-state index contributed by atoms with van der Waals surface area (Å²) in [6.07, 6.45) is 0. The third-order valence-corrected chi connectivity index (χ3v) is 3.42. The minimum atomic E-state index is -0.629. The van der Waals surface area contributed by atoms with E-state index in [0.29, 0.717) is 5.92 Å². The van der Waals surface area contributed by atoms with Gasteiger partial charge in [0.05, 0.1) is 0 Å². The predicted molar refractivity (Wildman–Crippen MR) is 85.4 cm³/mol. The van der Waals surface area contributed by atoms with Crippen molar-refractivity contribution in [3.8, 4) is 0 Å². The van der Waals surface area contributed by atoms with Crippen molar-refractivity contribution in [2.45, 2.75) is 39.7 Å².